The third-order valence-corrected chi connectivity index (χ3v) is 4.41. The predicted molar refractivity (Wildman–Crippen MR) is 76.5 cm³/mol. The third-order valence-electron chi connectivity index (χ3n) is 2.54. The molecule has 0 aromatic heterocycles. The summed E-state index contributed by atoms with van der Waals surface area (Å²) in [5.74, 6) is -0.567. The largest absolute Gasteiger partial charge is 0.417 e. The standard InChI is InChI=1S/C12H11BrCl2F3NO/c1-11(5-14,6-15)19-10(20)7-2-3-9(13)8(4-7)12(16,17)18/h2-4H,5-6H2,1H3,(H,19,20). The van der Waals surface area contributed by atoms with E-state index in [1.807, 2.05) is 0 Å². The lowest BCUT2D eigenvalue weighted by atomic mass is 10.1. The van der Waals surface area contributed by atoms with Crippen LogP contribution in [-0.4, -0.2) is 23.2 Å². The Kier molecular flexibility index (Phi) is 5.75. The molecule has 0 saturated carbocycles. The highest BCUT2D eigenvalue weighted by Gasteiger charge is 2.34. The molecule has 0 aliphatic rings. The lowest BCUT2D eigenvalue weighted by Crippen LogP contribution is -2.49. The number of alkyl halides is 5. The number of nitrogens with one attached hydrogen (secondary N) is 1. The number of carbonyl (C=O) groups is 1. The first kappa shape index (κ1) is 17.6. The highest BCUT2D eigenvalue weighted by molar-refractivity contribution is 9.10. The van der Waals surface area contributed by atoms with Gasteiger partial charge in [0.2, 0.25) is 0 Å². The summed E-state index contributed by atoms with van der Waals surface area (Å²) in [6.45, 7) is 1.61. The van der Waals surface area contributed by atoms with E-state index in [1.165, 1.54) is 12.1 Å². The Morgan fingerprint density at radius 3 is 2.30 bits per heavy atom. The molecule has 1 amide bonds. The Balaban J connectivity index is 3.07. The van der Waals surface area contributed by atoms with Crippen LogP contribution in [0.15, 0.2) is 22.7 Å². The molecule has 1 N–H and O–H groups in total. The van der Waals surface area contributed by atoms with E-state index < -0.39 is 23.2 Å². The number of halogens is 6. The van der Waals surface area contributed by atoms with Gasteiger partial charge in [-0.3, -0.25) is 4.79 Å². The molecule has 1 rings (SSSR count). The minimum Gasteiger partial charge on any atom is -0.344 e. The summed E-state index contributed by atoms with van der Waals surface area (Å²) in [6.07, 6.45) is -4.54. The van der Waals surface area contributed by atoms with Crippen molar-refractivity contribution in [3.8, 4) is 0 Å². The van der Waals surface area contributed by atoms with Crippen molar-refractivity contribution in [2.45, 2.75) is 18.6 Å². The van der Waals surface area contributed by atoms with E-state index in [0.29, 0.717) is 0 Å². The number of benzene rings is 1. The van der Waals surface area contributed by atoms with Crippen molar-refractivity contribution >= 4 is 45.0 Å². The molecule has 0 spiro atoms. The van der Waals surface area contributed by atoms with Gasteiger partial charge in [0.1, 0.15) is 0 Å². The average molecular weight is 393 g/mol. The minimum absolute atomic E-state index is 0.0465. The first-order valence-corrected chi connectivity index (χ1v) is 7.30. The third kappa shape index (κ3) is 4.27. The van der Waals surface area contributed by atoms with Gasteiger partial charge >= 0.3 is 6.18 Å². The fourth-order valence-corrected chi connectivity index (χ4v) is 2.22. The molecule has 0 saturated heterocycles. The van der Waals surface area contributed by atoms with Crippen LogP contribution >= 0.6 is 39.1 Å². The minimum atomic E-state index is -4.54. The monoisotopic (exact) mass is 391 g/mol. The van der Waals surface area contributed by atoms with Crippen LogP contribution < -0.4 is 5.32 Å². The van der Waals surface area contributed by atoms with E-state index in [4.69, 9.17) is 23.2 Å². The maximum absolute atomic E-state index is 12.8. The van der Waals surface area contributed by atoms with Gasteiger partial charge in [0.05, 0.1) is 11.1 Å². The van der Waals surface area contributed by atoms with Crippen LogP contribution in [0, 0.1) is 0 Å². The second-order valence-corrected chi connectivity index (χ2v) is 5.86. The Morgan fingerprint density at radius 1 is 1.30 bits per heavy atom. The summed E-state index contributed by atoms with van der Waals surface area (Å²) < 4.78 is 38.1. The average Bonchev–Trinajstić information content (AvgIpc) is 2.37. The van der Waals surface area contributed by atoms with Crippen molar-refractivity contribution in [3.63, 3.8) is 0 Å². The summed E-state index contributed by atoms with van der Waals surface area (Å²) in [6, 6.07) is 3.25. The first-order valence-electron chi connectivity index (χ1n) is 5.44. The molecule has 0 radical (unpaired) electrons. The van der Waals surface area contributed by atoms with Gasteiger partial charge in [-0.1, -0.05) is 15.9 Å². The number of rotatable bonds is 4. The summed E-state index contributed by atoms with van der Waals surface area (Å²) in [4.78, 5) is 12.0. The predicted octanol–water partition coefficient (Wildman–Crippen LogP) is 4.43. The topological polar surface area (TPSA) is 29.1 Å². The van der Waals surface area contributed by atoms with Crippen molar-refractivity contribution in [3.05, 3.63) is 33.8 Å². The van der Waals surface area contributed by atoms with Crippen LogP contribution in [0.2, 0.25) is 0 Å². The Bertz CT molecular complexity index is 504. The zero-order valence-corrected chi connectivity index (χ0v) is 13.4. The molecule has 1 aromatic rings. The zero-order chi connectivity index (χ0) is 15.6. The molecular formula is C12H11BrCl2F3NO. The summed E-state index contributed by atoms with van der Waals surface area (Å²) in [7, 11) is 0. The van der Waals surface area contributed by atoms with Crippen LogP contribution in [0.3, 0.4) is 0 Å². The van der Waals surface area contributed by atoms with Crippen LogP contribution in [-0.2, 0) is 6.18 Å². The van der Waals surface area contributed by atoms with E-state index in [1.54, 1.807) is 6.92 Å². The van der Waals surface area contributed by atoms with Crippen LogP contribution in [0.25, 0.3) is 0 Å². The van der Waals surface area contributed by atoms with Gasteiger partial charge in [0, 0.05) is 21.8 Å². The molecule has 0 fully saturated rings. The van der Waals surface area contributed by atoms with E-state index in [2.05, 4.69) is 21.2 Å². The van der Waals surface area contributed by atoms with Crippen LogP contribution in [0.1, 0.15) is 22.8 Å². The van der Waals surface area contributed by atoms with Crippen molar-refractivity contribution in [1.29, 1.82) is 0 Å². The Labute approximate surface area is 132 Å². The molecule has 8 heteroatoms. The van der Waals surface area contributed by atoms with Crippen molar-refractivity contribution < 1.29 is 18.0 Å². The molecule has 2 nitrogen and oxygen atoms in total. The van der Waals surface area contributed by atoms with Crippen LogP contribution in [0.5, 0.6) is 0 Å². The quantitative estimate of drug-likeness (QED) is 0.754. The number of carbonyl (C=O) groups excluding carboxylic acids is 1. The van der Waals surface area contributed by atoms with E-state index in [-0.39, 0.29) is 21.8 Å². The highest BCUT2D eigenvalue weighted by Crippen LogP contribution is 2.35. The lowest BCUT2D eigenvalue weighted by molar-refractivity contribution is -0.138. The molecule has 0 unspecified atom stereocenters. The van der Waals surface area contributed by atoms with E-state index in [0.717, 1.165) is 6.07 Å². The fourth-order valence-electron chi connectivity index (χ4n) is 1.33. The van der Waals surface area contributed by atoms with Gasteiger partial charge in [-0.2, -0.15) is 13.2 Å². The highest BCUT2D eigenvalue weighted by atomic mass is 79.9. The normalized spacial score (nSPS) is 12.3. The van der Waals surface area contributed by atoms with Gasteiger partial charge in [0.15, 0.2) is 0 Å². The number of amides is 1. The second kappa shape index (κ2) is 6.54. The Morgan fingerprint density at radius 2 is 1.85 bits per heavy atom. The summed E-state index contributed by atoms with van der Waals surface area (Å²) in [5, 5.41) is 2.52. The molecule has 0 aliphatic carbocycles. The van der Waals surface area contributed by atoms with Gasteiger partial charge in [-0.05, 0) is 25.1 Å². The Hall–Kier alpha value is -0.460. The van der Waals surface area contributed by atoms with Crippen molar-refractivity contribution in [2.75, 3.05) is 11.8 Å². The molecule has 0 heterocycles. The molecule has 112 valence electrons. The van der Waals surface area contributed by atoms with E-state index in [9.17, 15) is 18.0 Å². The molecular weight excluding hydrogens is 382 g/mol. The van der Waals surface area contributed by atoms with E-state index >= 15 is 0 Å². The lowest BCUT2D eigenvalue weighted by Gasteiger charge is -2.26. The SMILES string of the molecule is CC(CCl)(CCl)NC(=O)c1ccc(Br)c(C(F)(F)F)c1. The number of hydrogen-bond donors (Lipinski definition) is 1. The van der Waals surface area contributed by atoms with Gasteiger partial charge in [-0.15, -0.1) is 23.2 Å². The van der Waals surface area contributed by atoms with Gasteiger partial charge < -0.3 is 5.32 Å². The smallest absolute Gasteiger partial charge is 0.344 e. The fraction of sp³-hybridized carbons (Fsp3) is 0.417. The second-order valence-electron chi connectivity index (χ2n) is 4.47. The van der Waals surface area contributed by atoms with Crippen molar-refractivity contribution in [1.82, 2.24) is 5.32 Å². The summed E-state index contributed by atoms with van der Waals surface area (Å²) >= 11 is 14.2. The number of hydrogen-bond acceptors (Lipinski definition) is 1. The maximum Gasteiger partial charge on any atom is 0.417 e. The maximum atomic E-state index is 12.8. The summed E-state index contributed by atoms with van der Waals surface area (Å²) in [5.41, 5.74) is -1.91. The molecule has 1 aromatic carbocycles. The molecule has 0 aliphatic heterocycles. The molecule has 0 atom stereocenters. The molecule has 20 heavy (non-hydrogen) atoms. The van der Waals surface area contributed by atoms with Gasteiger partial charge in [-0.25, -0.2) is 0 Å². The van der Waals surface area contributed by atoms with Crippen LogP contribution in [0.4, 0.5) is 13.2 Å². The van der Waals surface area contributed by atoms with Crippen molar-refractivity contribution in [2.24, 2.45) is 0 Å². The molecule has 0 bridgehead atoms. The van der Waals surface area contributed by atoms with Gasteiger partial charge in [0.25, 0.3) is 5.91 Å². The zero-order valence-electron chi connectivity index (χ0n) is 10.3. The first-order chi connectivity index (χ1) is 9.13.